The standard InChI is InChI=1S/C28H32N6O2/c1-32-15-17-33(18-16-32)25-11-9-24(10-12-25)30-28-29-20-23-8-13-26(35)34(27(23)31-28)14-5-19-36-21-22-6-3-2-4-7-22/h2-4,6-13,20H,5,14-19,21H2,1H3,(H,29,30,31). The van der Waals surface area contributed by atoms with E-state index in [1.807, 2.05) is 42.5 Å². The van der Waals surface area contributed by atoms with Crippen molar-refractivity contribution >= 4 is 28.4 Å². The Morgan fingerprint density at radius 3 is 2.50 bits per heavy atom. The SMILES string of the molecule is CN1CCN(c2ccc(Nc3ncc4ccc(=O)n(CCCOCc5ccccc5)c4n3)cc2)CC1. The number of pyridine rings is 1. The lowest BCUT2D eigenvalue weighted by Gasteiger charge is -2.34. The average Bonchev–Trinajstić information content (AvgIpc) is 2.91. The third-order valence-corrected chi connectivity index (χ3v) is 6.50. The van der Waals surface area contributed by atoms with E-state index in [1.54, 1.807) is 22.9 Å². The number of anilines is 3. The van der Waals surface area contributed by atoms with Gasteiger partial charge in [-0.1, -0.05) is 30.3 Å². The van der Waals surface area contributed by atoms with Crippen LogP contribution in [0.15, 0.2) is 77.7 Å². The number of ether oxygens (including phenoxy) is 1. The van der Waals surface area contributed by atoms with Gasteiger partial charge < -0.3 is 19.9 Å². The lowest BCUT2D eigenvalue weighted by Crippen LogP contribution is -2.44. The molecule has 0 amide bonds. The molecular weight excluding hydrogens is 452 g/mol. The van der Waals surface area contributed by atoms with E-state index >= 15 is 0 Å². The Balaban J connectivity index is 1.23. The molecule has 8 nitrogen and oxygen atoms in total. The second kappa shape index (κ2) is 11.3. The number of fused-ring (bicyclic) bond motifs is 1. The molecule has 0 bridgehead atoms. The Kier molecular flexibility index (Phi) is 7.54. The van der Waals surface area contributed by atoms with E-state index in [-0.39, 0.29) is 5.56 Å². The summed E-state index contributed by atoms with van der Waals surface area (Å²) < 4.78 is 7.49. The first-order valence-corrected chi connectivity index (χ1v) is 12.4. The van der Waals surface area contributed by atoms with Gasteiger partial charge in [0.1, 0.15) is 5.65 Å². The zero-order chi connectivity index (χ0) is 24.7. The highest BCUT2D eigenvalue weighted by molar-refractivity contribution is 5.75. The lowest BCUT2D eigenvalue weighted by atomic mass is 10.2. The van der Waals surface area contributed by atoms with E-state index in [4.69, 9.17) is 4.74 Å². The van der Waals surface area contributed by atoms with Gasteiger partial charge >= 0.3 is 0 Å². The van der Waals surface area contributed by atoms with E-state index in [9.17, 15) is 4.79 Å². The van der Waals surface area contributed by atoms with Gasteiger partial charge in [-0.2, -0.15) is 4.98 Å². The second-order valence-electron chi connectivity index (χ2n) is 9.15. The predicted octanol–water partition coefficient (Wildman–Crippen LogP) is 3.89. The van der Waals surface area contributed by atoms with Gasteiger partial charge in [-0.25, -0.2) is 4.98 Å². The van der Waals surface area contributed by atoms with Crippen LogP contribution in [0.5, 0.6) is 0 Å². The molecule has 4 aromatic rings. The summed E-state index contributed by atoms with van der Waals surface area (Å²) in [6, 6.07) is 21.8. The fraction of sp³-hybridized carbons (Fsp3) is 0.321. The van der Waals surface area contributed by atoms with Crippen molar-refractivity contribution in [2.45, 2.75) is 19.6 Å². The van der Waals surface area contributed by atoms with Crippen molar-refractivity contribution in [1.82, 2.24) is 19.4 Å². The summed E-state index contributed by atoms with van der Waals surface area (Å²) in [5.41, 5.74) is 3.81. The Hall–Kier alpha value is -3.75. The molecule has 3 heterocycles. The fourth-order valence-electron chi connectivity index (χ4n) is 4.39. The fourth-order valence-corrected chi connectivity index (χ4v) is 4.39. The number of hydrogen-bond acceptors (Lipinski definition) is 7. The molecule has 1 fully saturated rings. The van der Waals surface area contributed by atoms with Crippen LogP contribution in [0.4, 0.5) is 17.3 Å². The van der Waals surface area contributed by atoms with Crippen LogP contribution in [0.3, 0.4) is 0 Å². The topological polar surface area (TPSA) is 75.5 Å². The average molecular weight is 485 g/mol. The molecule has 0 saturated carbocycles. The van der Waals surface area contributed by atoms with Gasteiger partial charge in [-0.3, -0.25) is 9.36 Å². The van der Waals surface area contributed by atoms with E-state index in [0.717, 1.165) is 42.8 Å². The van der Waals surface area contributed by atoms with Crippen LogP contribution < -0.4 is 15.8 Å². The number of aryl methyl sites for hydroxylation is 1. The first kappa shape index (κ1) is 24.0. The van der Waals surface area contributed by atoms with Crippen molar-refractivity contribution in [3.8, 4) is 0 Å². The molecule has 0 radical (unpaired) electrons. The Labute approximate surface area is 211 Å². The third-order valence-electron chi connectivity index (χ3n) is 6.50. The largest absolute Gasteiger partial charge is 0.377 e. The molecule has 0 unspecified atom stereocenters. The van der Waals surface area contributed by atoms with Crippen LogP contribution in [0.1, 0.15) is 12.0 Å². The summed E-state index contributed by atoms with van der Waals surface area (Å²) in [7, 11) is 2.16. The summed E-state index contributed by atoms with van der Waals surface area (Å²) >= 11 is 0. The molecule has 2 aromatic heterocycles. The number of aromatic nitrogens is 3. The molecule has 0 spiro atoms. The van der Waals surface area contributed by atoms with Crippen molar-refractivity contribution < 1.29 is 4.74 Å². The van der Waals surface area contributed by atoms with Gasteiger partial charge in [0.2, 0.25) is 5.95 Å². The van der Waals surface area contributed by atoms with Crippen molar-refractivity contribution in [3.63, 3.8) is 0 Å². The number of benzene rings is 2. The number of rotatable bonds is 9. The second-order valence-corrected chi connectivity index (χ2v) is 9.15. The summed E-state index contributed by atoms with van der Waals surface area (Å²) in [6.07, 6.45) is 2.47. The quantitative estimate of drug-likeness (QED) is 0.361. The van der Waals surface area contributed by atoms with E-state index in [2.05, 4.69) is 44.3 Å². The summed E-state index contributed by atoms with van der Waals surface area (Å²) in [4.78, 5) is 26.5. The lowest BCUT2D eigenvalue weighted by molar-refractivity contribution is 0.115. The van der Waals surface area contributed by atoms with Gasteiger partial charge in [0, 0.05) is 68.4 Å². The van der Waals surface area contributed by atoms with Crippen molar-refractivity contribution in [3.05, 3.63) is 88.8 Å². The molecule has 1 saturated heterocycles. The first-order chi connectivity index (χ1) is 17.7. The molecule has 5 rings (SSSR count). The highest BCUT2D eigenvalue weighted by Gasteiger charge is 2.14. The maximum Gasteiger partial charge on any atom is 0.252 e. The molecule has 0 atom stereocenters. The van der Waals surface area contributed by atoms with Crippen molar-refractivity contribution in [2.75, 3.05) is 50.1 Å². The van der Waals surface area contributed by atoms with Crippen LogP contribution in [0, 0.1) is 0 Å². The van der Waals surface area contributed by atoms with Gasteiger partial charge in [0.25, 0.3) is 5.56 Å². The molecule has 186 valence electrons. The van der Waals surface area contributed by atoms with Gasteiger partial charge in [0.15, 0.2) is 0 Å². The Morgan fingerprint density at radius 1 is 0.944 bits per heavy atom. The maximum absolute atomic E-state index is 12.6. The molecule has 36 heavy (non-hydrogen) atoms. The minimum Gasteiger partial charge on any atom is -0.377 e. The van der Waals surface area contributed by atoms with Crippen molar-refractivity contribution in [1.29, 1.82) is 0 Å². The summed E-state index contributed by atoms with van der Waals surface area (Å²) in [6.45, 7) is 5.87. The molecular formula is C28H32N6O2. The third kappa shape index (κ3) is 5.90. The van der Waals surface area contributed by atoms with E-state index < -0.39 is 0 Å². The van der Waals surface area contributed by atoms with Crippen LogP contribution in [-0.2, 0) is 17.9 Å². The predicted molar refractivity (Wildman–Crippen MR) is 144 cm³/mol. The Bertz CT molecular complexity index is 1330. The molecule has 1 aliphatic rings. The first-order valence-electron chi connectivity index (χ1n) is 12.4. The normalized spacial score (nSPS) is 14.3. The van der Waals surface area contributed by atoms with Crippen LogP contribution in [-0.4, -0.2) is 59.3 Å². The van der Waals surface area contributed by atoms with Crippen LogP contribution in [0.2, 0.25) is 0 Å². The zero-order valence-corrected chi connectivity index (χ0v) is 20.6. The maximum atomic E-state index is 12.6. The van der Waals surface area contributed by atoms with Crippen molar-refractivity contribution in [2.24, 2.45) is 0 Å². The van der Waals surface area contributed by atoms with Gasteiger partial charge in [-0.05, 0) is 49.4 Å². The number of piperazine rings is 1. The van der Waals surface area contributed by atoms with Gasteiger partial charge in [0.05, 0.1) is 6.61 Å². The molecule has 2 aromatic carbocycles. The minimum absolute atomic E-state index is 0.0771. The summed E-state index contributed by atoms with van der Waals surface area (Å²) in [5.74, 6) is 0.467. The number of hydrogen-bond donors (Lipinski definition) is 1. The highest BCUT2D eigenvalue weighted by Crippen LogP contribution is 2.21. The Morgan fingerprint density at radius 2 is 1.72 bits per heavy atom. The smallest absolute Gasteiger partial charge is 0.252 e. The molecule has 0 aliphatic carbocycles. The molecule has 8 heteroatoms. The van der Waals surface area contributed by atoms with Crippen LogP contribution in [0.25, 0.3) is 11.0 Å². The number of nitrogens with one attached hydrogen (secondary N) is 1. The van der Waals surface area contributed by atoms with E-state index in [0.29, 0.717) is 37.8 Å². The minimum atomic E-state index is -0.0771. The zero-order valence-electron chi connectivity index (χ0n) is 20.6. The molecule has 1 N–H and O–H groups in total. The monoisotopic (exact) mass is 484 g/mol. The highest BCUT2D eigenvalue weighted by atomic mass is 16.5. The number of likely N-dealkylation sites (N-methyl/N-ethyl adjacent to an activating group) is 1. The number of nitrogens with zero attached hydrogens (tertiary/aromatic N) is 5. The molecule has 1 aliphatic heterocycles. The van der Waals surface area contributed by atoms with Gasteiger partial charge in [-0.15, -0.1) is 0 Å². The van der Waals surface area contributed by atoms with Crippen LogP contribution >= 0.6 is 0 Å². The van der Waals surface area contributed by atoms with E-state index in [1.165, 1.54) is 5.69 Å². The summed E-state index contributed by atoms with van der Waals surface area (Å²) in [5, 5.41) is 4.11.